The van der Waals surface area contributed by atoms with Crippen molar-refractivity contribution >= 4 is 32.5 Å². The first kappa shape index (κ1) is 16.6. The number of hydrogen-bond donors (Lipinski definition) is 0. The topological polar surface area (TPSA) is 4.93 Å². The summed E-state index contributed by atoms with van der Waals surface area (Å²) in [7, 11) is 0. The molecule has 0 bridgehead atoms. The lowest BCUT2D eigenvalue weighted by Gasteiger charge is -2.27. The number of alkyl halides is 1. The van der Waals surface area contributed by atoms with Crippen molar-refractivity contribution in [3.8, 4) is 0 Å². The van der Waals surface area contributed by atoms with Gasteiger partial charge >= 0.3 is 0 Å². The fourth-order valence-corrected chi connectivity index (χ4v) is 5.40. The second-order valence-corrected chi connectivity index (χ2v) is 9.15. The van der Waals surface area contributed by atoms with E-state index in [0.29, 0.717) is 10.7 Å². The number of rotatable bonds is 2. The minimum absolute atomic E-state index is 0.519. The molecule has 2 heteroatoms. The summed E-state index contributed by atoms with van der Waals surface area (Å²) in [5.41, 5.74) is 7.74. The van der Waals surface area contributed by atoms with Crippen LogP contribution in [-0.4, -0.2) is 9.39 Å². The van der Waals surface area contributed by atoms with Crippen LogP contribution < -0.4 is 0 Å². The molecule has 1 aromatic heterocycles. The zero-order valence-electron chi connectivity index (χ0n) is 15.3. The molecule has 1 nitrogen and oxygen atoms in total. The lowest BCUT2D eigenvalue weighted by atomic mass is 9.80. The average Bonchev–Trinajstić information content (AvgIpc) is 3.03. The van der Waals surface area contributed by atoms with Gasteiger partial charge < -0.3 is 4.57 Å². The summed E-state index contributed by atoms with van der Waals surface area (Å²) >= 11 is 3.70. The Morgan fingerprint density at radius 1 is 1.04 bits per heavy atom. The van der Waals surface area contributed by atoms with Gasteiger partial charge in [0.1, 0.15) is 0 Å². The number of halogens is 1. The van der Waals surface area contributed by atoms with E-state index < -0.39 is 0 Å². The van der Waals surface area contributed by atoms with Crippen molar-refractivity contribution in [2.75, 3.05) is 0 Å². The lowest BCUT2D eigenvalue weighted by Crippen LogP contribution is -2.18. The third-order valence-corrected chi connectivity index (χ3v) is 7.05. The minimum atomic E-state index is 0.519. The van der Waals surface area contributed by atoms with E-state index in [4.69, 9.17) is 0 Å². The van der Waals surface area contributed by atoms with E-state index in [2.05, 4.69) is 69.1 Å². The molecule has 1 heterocycles. The van der Waals surface area contributed by atoms with Gasteiger partial charge in [0.15, 0.2) is 0 Å². The van der Waals surface area contributed by atoms with Crippen LogP contribution in [-0.2, 0) is 12.8 Å². The molecular weight excluding hydrogens is 382 g/mol. The third kappa shape index (κ3) is 2.83. The van der Waals surface area contributed by atoms with Crippen LogP contribution >= 0.6 is 15.9 Å². The van der Waals surface area contributed by atoms with E-state index in [9.17, 15) is 0 Å². The molecule has 3 aliphatic rings. The zero-order chi connectivity index (χ0) is 17.5. The summed E-state index contributed by atoms with van der Waals surface area (Å²) < 4.78 is 2.62. The van der Waals surface area contributed by atoms with Gasteiger partial charge in [0.25, 0.3) is 0 Å². The van der Waals surface area contributed by atoms with Gasteiger partial charge in [-0.05, 0) is 74.5 Å². The Kier molecular flexibility index (Phi) is 4.40. The molecule has 0 fully saturated rings. The number of allylic oxidation sites excluding steroid dienone is 6. The SMILES string of the molecule is BrC1C=CC(C2CCc3c(c4ccccc4n3C3=CCCCC3)C2)=CC1. The van der Waals surface area contributed by atoms with Crippen molar-refractivity contribution in [3.05, 3.63) is 65.4 Å². The Hall–Kier alpha value is -1.54. The molecule has 0 amide bonds. The predicted octanol–water partition coefficient (Wildman–Crippen LogP) is 6.81. The summed E-state index contributed by atoms with van der Waals surface area (Å²) in [6, 6.07) is 9.08. The molecule has 2 aromatic rings. The fraction of sp³-hybridized carbons (Fsp3) is 0.417. The second kappa shape index (κ2) is 6.88. The number of benzene rings is 1. The summed E-state index contributed by atoms with van der Waals surface area (Å²) in [5.74, 6) is 0.679. The lowest BCUT2D eigenvalue weighted by molar-refractivity contribution is 0.524. The van der Waals surface area contributed by atoms with Crippen LogP contribution in [0.25, 0.3) is 16.6 Å². The maximum atomic E-state index is 3.70. The highest BCUT2D eigenvalue weighted by Gasteiger charge is 2.28. The molecule has 0 spiro atoms. The normalized spacial score (nSPS) is 25.7. The zero-order valence-corrected chi connectivity index (χ0v) is 16.8. The second-order valence-electron chi connectivity index (χ2n) is 7.97. The Morgan fingerprint density at radius 3 is 2.77 bits per heavy atom. The quantitative estimate of drug-likeness (QED) is 0.481. The van der Waals surface area contributed by atoms with Crippen molar-refractivity contribution in [2.45, 2.75) is 56.2 Å². The van der Waals surface area contributed by atoms with Crippen LogP contribution in [0.3, 0.4) is 0 Å². The number of fused-ring (bicyclic) bond motifs is 3. The molecular formula is C24H26BrN. The van der Waals surface area contributed by atoms with Crippen molar-refractivity contribution in [1.82, 2.24) is 4.57 Å². The fourth-order valence-electron chi connectivity index (χ4n) is 5.06. The molecule has 2 atom stereocenters. The first-order valence-electron chi connectivity index (χ1n) is 10.1. The van der Waals surface area contributed by atoms with Crippen LogP contribution in [0.4, 0.5) is 0 Å². The van der Waals surface area contributed by atoms with E-state index in [-0.39, 0.29) is 0 Å². The Labute approximate surface area is 164 Å². The van der Waals surface area contributed by atoms with E-state index in [0.717, 1.165) is 6.42 Å². The molecule has 2 unspecified atom stereocenters. The van der Waals surface area contributed by atoms with Crippen molar-refractivity contribution in [1.29, 1.82) is 0 Å². The van der Waals surface area contributed by atoms with Gasteiger partial charge in [-0.25, -0.2) is 0 Å². The van der Waals surface area contributed by atoms with Gasteiger partial charge in [-0.1, -0.05) is 58.4 Å². The predicted molar refractivity (Wildman–Crippen MR) is 115 cm³/mol. The van der Waals surface area contributed by atoms with Crippen LogP contribution in [0.1, 0.15) is 49.8 Å². The number of hydrogen-bond acceptors (Lipinski definition) is 0. The third-order valence-electron chi connectivity index (χ3n) is 6.37. The Bertz CT molecular complexity index is 927. The number of aromatic nitrogens is 1. The van der Waals surface area contributed by atoms with E-state index >= 15 is 0 Å². The highest BCUT2D eigenvalue weighted by atomic mass is 79.9. The molecule has 0 saturated heterocycles. The van der Waals surface area contributed by atoms with Gasteiger partial charge in [0.2, 0.25) is 0 Å². The monoisotopic (exact) mass is 407 g/mol. The first-order chi connectivity index (χ1) is 12.8. The first-order valence-corrected chi connectivity index (χ1v) is 11.1. The maximum Gasteiger partial charge on any atom is 0.0530 e. The minimum Gasteiger partial charge on any atom is -0.317 e. The molecule has 5 rings (SSSR count). The van der Waals surface area contributed by atoms with Gasteiger partial charge in [-0.2, -0.15) is 0 Å². The maximum absolute atomic E-state index is 3.70. The standard InChI is InChI=1S/C24H26BrN/c25-19-13-10-17(11-14-19)18-12-15-24-22(16-18)21-8-4-5-9-23(21)26(24)20-6-2-1-3-7-20/h4-6,8-11,13,18-19H,1-3,7,12,14-16H2. The summed E-state index contributed by atoms with van der Waals surface area (Å²) in [5, 5.41) is 1.48. The van der Waals surface area contributed by atoms with Crippen molar-refractivity contribution in [2.24, 2.45) is 5.92 Å². The molecule has 26 heavy (non-hydrogen) atoms. The van der Waals surface area contributed by atoms with Gasteiger partial charge in [0, 0.05) is 21.6 Å². The van der Waals surface area contributed by atoms with Crippen LogP contribution in [0.5, 0.6) is 0 Å². The Morgan fingerprint density at radius 2 is 1.96 bits per heavy atom. The highest BCUT2D eigenvalue weighted by molar-refractivity contribution is 9.09. The summed E-state index contributed by atoms with van der Waals surface area (Å²) in [6.07, 6.45) is 19.6. The van der Waals surface area contributed by atoms with Crippen LogP contribution in [0, 0.1) is 5.92 Å². The average molecular weight is 408 g/mol. The van der Waals surface area contributed by atoms with Crippen LogP contribution in [0.15, 0.2) is 54.1 Å². The summed E-state index contributed by atoms with van der Waals surface area (Å²) in [6.45, 7) is 0. The molecule has 3 aliphatic carbocycles. The van der Waals surface area contributed by atoms with E-state index in [1.165, 1.54) is 55.8 Å². The highest BCUT2D eigenvalue weighted by Crippen LogP contribution is 2.40. The van der Waals surface area contributed by atoms with Crippen molar-refractivity contribution < 1.29 is 0 Å². The summed E-state index contributed by atoms with van der Waals surface area (Å²) in [4.78, 5) is 0.519. The van der Waals surface area contributed by atoms with Gasteiger partial charge in [-0.15, -0.1) is 0 Å². The molecule has 0 N–H and O–H groups in total. The van der Waals surface area contributed by atoms with E-state index in [1.54, 1.807) is 22.5 Å². The number of para-hydroxylation sites is 1. The molecule has 0 radical (unpaired) electrons. The molecule has 0 saturated carbocycles. The Balaban J connectivity index is 1.57. The smallest absolute Gasteiger partial charge is 0.0530 e. The largest absolute Gasteiger partial charge is 0.317 e. The number of nitrogens with zero attached hydrogens (tertiary/aromatic N) is 1. The van der Waals surface area contributed by atoms with Gasteiger partial charge in [0.05, 0.1) is 5.52 Å². The van der Waals surface area contributed by atoms with Gasteiger partial charge in [-0.3, -0.25) is 0 Å². The van der Waals surface area contributed by atoms with Crippen molar-refractivity contribution in [3.63, 3.8) is 0 Å². The van der Waals surface area contributed by atoms with Crippen LogP contribution in [0.2, 0.25) is 0 Å². The molecule has 134 valence electrons. The molecule has 1 aromatic carbocycles. The molecule has 0 aliphatic heterocycles. The van der Waals surface area contributed by atoms with E-state index in [1.807, 2.05) is 0 Å².